The number of ether oxygens (including phenoxy) is 11. The number of alkyl carbamates (subject to hydrolysis) is 2. The lowest BCUT2D eigenvalue weighted by Gasteiger charge is -2.19. The maximum atomic E-state index is 12.3. The van der Waals surface area contributed by atoms with Crippen molar-refractivity contribution >= 4 is 35.9 Å². The van der Waals surface area contributed by atoms with Gasteiger partial charge in [-0.2, -0.15) is 0 Å². The van der Waals surface area contributed by atoms with E-state index in [1.54, 1.807) is 0 Å². The van der Waals surface area contributed by atoms with Crippen molar-refractivity contribution < 1.29 is 86.0 Å². The number of carbonyl (C=O) groups is 6. The van der Waals surface area contributed by atoms with Crippen molar-refractivity contribution in [2.24, 2.45) is 35.5 Å². The maximum absolute atomic E-state index is 12.3. The fraction of sp³-hybridized carbons (Fsp3) is 0.804. The van der Waals surface area contributed by atoms with E-state index in [-0.39, 0.29) is 77.4 Å². The standard InChI is InChI=1S/C51H81N5O18/c57-46(52-15-21-64-25-29-68-31-27-66-23-17-54-50(62)73-35-44-40-9-5-1-2-6-10-41(40)44)13-19-70-33-39(56-48(59)37-72-38-49(60)61)34-71-20-14-47(58)53-16-22-65-26-30-69-32-28-67-24-18-55-51(63)74-36-45-42-11-7-3-4-8-12-43(42)45/h39-45H,5-38H2,(H,52,57)(H,53,58)(H,54,62)(H,55,63)(H,56,59)(H,60,61)/t39?,40-,41+,42-,43+,44?,45?. The molecule has 23 nitrogen and oxygen atoms in total. The summed E-state index contributed by atoms with van der Waals surface area (Å²) in [6.07, 6.45) is 7.31. The molecule has 0 radical (unpaired) electrons. The predicted octanol–water partition coefficient (Wildman–Crippen LogP) is 1.05. The van der Waals surface area contributed by atoms with Crippen molar-refractivity contribution in [1.29, 1.82) is 0 Å². The number of hydrogen-bond donors (Lipinski definition) is 6. The molecule has 2 saturated carbocycles. The minimum absolute atomic E-state index is 0.0242. The van der Waals surface area contributed by atoms with Crippen molar-refractivity contribution in [3.63, 3.8) is 0 Å². The zero-order chi connectivity index (χ0) is 52.7. The fourth-order valence-corrected chi connectivity index (χ4v) is 8.66. The van der Waals surface area contributed by atoms with Gasteiger partial charge in [0, 0.05) is 64.7 Å². The topological polar surface area (TPSA) is 284 Å². The third kappa shape index (κ3) is 29.9. The van der Waals surface area contributed by atoms with E-state index in [0.717, 1.165) is 51.4 Å². The van der Waals surface area contributed by atoms with Crippen LogP contribution in [-0.2, 0) is 71.3 Å². The normalized spacial score (nSPS) is 20.6. The molecule has 0 spiro atoms. The highest BCUT2D eigenvalue weighted by Crippen LogP contribution is 2.53. The molecule has 4 aliphatic carbocycles. The van der Waals surface area contributed by atoms with Gasteiger partial charge in [0.15, 0.2) is 0 Å². The predicted molar refractivity (Wildman–Crippen MR) is 264 cm³/mol. The molecule has 2 unspecified atom stereocenters. The van der Waals surface area contributed by atoms with E-state index in [0.29, 0.717) is 128 Å². The van der Waals surface area contributed by atoms with Crippen LogP contribution in [0.25, 0.3) is 0 Å². The van der Waals surface area contributed by atoms with Gasteiger partial charge in [-0.1, -0.05) is 0 Å². The lowest BCUT2D eigenvalue weighted by molar-refractivity contribution is -0.144. The number of aliphatic carboxylic acids is 1. The molecule has 2 fully saturated rings. The Morgan fingerprint density at radius 3 is 1.14 bits per heavy atom. The van der Waals surface area contributed by atoms with Gasteiger partial charge in [0.05, 0.1) is 125 Å². The fourth-order valence-electron chi connectivity index (χ4n) is 8.66. The number of nitrogens with one attached hydrogen (secondary N) is 5. The number of fused-ring (bicyclic) bond motifs is 2. The summed E-state index contributed by atoms with van der Waals surface area (Å²) >= 11 is 0. The summed E-state index contributed by atoms with van der Waals surface area (Å²) in [5.74, 6) is 13.8. The van der Waals surface area contributed by atoms with Crippen LogP contribution in [-0.4, -0.2) is 205 Å². The molecule has 6 atom stereocenters. The molecular formula is C51H81N5O18. The van der Waals surface area contributed by atoms with Crippen LogP contribution in [0.5, 0.6) is 0 Å². The zero-order valence-corrected chi connectivity index (χ0v) is 43.0. The zero-order valence-electron chi connectivity index (χ0n) is 43.0. The van der Waals surface area contributed by atoms with E-state index in [1.165, 1.54) is 0 Å². The van der Waals surface area contributed by atoms with Crippen LogP contribution in [0.1, 0.15) is 64.2 Å². The first-order valence-corrected chi connectivity index (χ1v) is 26.2. The number of hydrogen-bond acceptors (Lipinski definition) is 17. The number of carboxylic acid groups (broad SMARTS) is 1. The first-order valence-electron chi connectivity index (χ1n) is 26.2. The molecule has 0 saturated heterocycles. The van der Waals surface area contributed by atoms with Gasteiger partial charge in [-0.25, -0.2) is 14.4 Å². The smallest absolute Gasteiger partial charge is 0.407 e. The summed E-state index contributed by atoms with van der Waals surface area (Å²) in [6, 6.07) is -0.674. The Labute approximate surface area is 435 Å². The van der Waals surface area contributed by atoms with E-state index in [9.17, 15) is 28.8 Å². The highest BCUT2D eigenvalue weighted by atomic mass is 16.6. The van der Waals surface area contributed by atoms with Gasteiger partial charge in [0.25, 0.3) is 0 Å². The van der Waals surface area contributed by atoms with E-state index >= 15 is 0 Å². The molecule has 0 bridgehead atoms. The van der Waals surface area contributed by atoms with Crippen LogP contribution in [0, 0.1) is 59.2 Å². The average molecular weight is 1050 g/mol. The van der Waals surface area contributed by atoms with Crippen LogP contribution in [0.3, 0.4) is 0 Å². The monoisotopic (exact) mass is 1050 g/mol. The van der Waals surface area contributed by atoms with Crippen LogP contribution in [0.15, 0.2) is 0 Å². The highest BCUT2D eigenvalue weighted by molar-refractivity contribution is 5.78. The molecule has 0 aromatic carbocycles. The Morgan fingerprint density at radius 2 is 0.770 bits per heavy atom. The maximum Gasteiger partial charge on any atom is 0.407 e. The molecule has 4 rings (SSSR count). The molecule has 6 N–H and O–H groups in total. The van der Waals surface area contributed by atoms with E-state index in [2.05, 4.69) is 50.3 Å². The third-order valence-corrected chi connectivity index (χ3v) is 12.6. The number of carboxylic acids is 1. The minimum Gasteiger partial charge on any atom is -0.480 e. The van der Waals surface area contributed by atoms with Crippen LogP contribution < -0.4 is 26.6 Å². The Kier molecular flexibility index (Phi) is 33.0. The molecular weight excluding hydrogens is 971 g/mol. The lowest BCUT2D eigenvalue weighted by Crippen LogP contribution is -2.43. The highest BCUT2D eigenvalue weighted by Gasteiger charge is 2.50. The van der Waals surface area contributed by atoms with Crippen molar-refractivity contribution in [2.75, 3.05) is 158 Å². The van der Waals surface area contributed by atoms with Crippen molar-refractivity contribution in [3.05, 3.63) is 0 Å². The number of carbonyl (C=O) groups excluding carboxylic acids is 5. The second-order valence-corrected chi connectivity index (χ2v) is 18.1. The van der Waals surface area contributed by atoms with Gasteiger partial charge in [-0.05, 0) is 61.2 Å². The second-order valence-electron chi connectivity index (χ2n) is 18.1. The largest absolute Gasteiger partial charge is 0.480 e. The van der Waals surface area contributed by atoms with Gasteiger partial charge >= 0.3 is 18.2 Å². The lowest BCUT2D eigenvalue weighted by atomic mass is 10.1. The van der Waals surface area contributed by atoms with Crippen molar-refractivity contribution in [3.8, 4) is 23.7 Å². The molecule has 0 aliphatic heterocycles. The molecule has 4 aliphatic rings. The summed E-state index contributed by atoms with van der Waals surface area (Å²) in [6.45, 7) is 5.08. The Morgan fingerprint density at radius 1 is 0.419 bits per heavy atom. The molecule has 23 heteroatoms. The van der Waals surface area contributed by atoms with Gasteiger partial charge in [-0.15, -0.1) is 23.7 Å². The molecule has 0 aromatic heterocycles. The van der Waals surface area contributed by atoms with E-state index in [4.69, 9.17) is 57.2 Å². The second kappa shape index (κ2) is 39.6. The molecule has 0 aromatic rings. The molecule has 74 heavy (non-hydrogen) atoms. The van der Waals surface area contributed by atoms with E-state index < -0.39 is 43.3 Å². The first-order chi connectivity index (χ1) is 36.2. The number of rotatable bonds is 43. The number of amides is 5. The summed E-state index contributed by atoms with van der Waals surface area (Å²) in [5, 5.41) is 22.3. The minimum atomic E-state index is -1.22. The van der Waals surface area contributed by atoms with Crippen molar-refractivity contribution in [1.82, 2.24) is 26.6 Å². The van der Waals surface area contributed by atoms with Crippen LogP contribution >= 0.6 is 0 Å². The average Bonchev–Trinajstić information content (AvgIpc) is 4.23. The SMILES string of the molecule is O=C(O)COCC(=O)NC(COCCC(=O)NCCOCCOCCOCCNC(=O)OCC1[C@H]2CCC#CCC[C@@H]12)COCCC(=O)NCCOCCOCCOCCNC(=O)OCC1[C@H]2CCC#CCC[C@@H]12. The summed E-state index contributed by atoms with van der Waals surface area (Å²) in [7, 11) is 0. The van der Waals surface area contributed by atoms with Gasteiger partial charge in [0.1, 0.15) is 13.2 Å². The first kappa shape index (κ1) is 61.7. The summed E-state index contributed by atoms with van der Waals surface area (Å²) < 4.78 is 59.8. The quantitative estimate of drug-likeness (QED) is 0.0368. The Balaban J connectivity index is 0.885. The summed E-state index contributed by atoms with van der Waals surface area (Å²) in [4.78, 5) is 71.7. The van der Waals surface area contributed by atoms with Crippen LogP contribution in [0.2, 0.25) is 0 Å². The molecule has 5 amide bonds. The molecule has 0 heterocycles. The summed E-state index contributed by atoms with van der Waals surface area (Å²) in [5.41, 5.74) is 0. The Bertz CT molecular complexity index is 1630. The van der Waals surface area contributed by atoms with Crippen molar-refractivity contribution in [2.45, 2.75) is 70.3 Å². The van der Waals surface area contributed by atoms with Gasteiger partial charge < -0.3 is 83.8 Å². The van der Waals surface area contributed by atoms with E-state index in [1.807, 2.05) is 0 Å². The third-order valence-electron chi connectivity index (χ3n) is 12.6. The van der Waals surface area contributed by atoms with Gasteiger partial charge in [-0.3, -0.25) is 14.4 Å². The van der Waals surface area contributed by atoms with Crippen LogP contribution in [0.4, 0.5) is 9.59 Å². The van der Waals surface area contributed by atoms with Gasteiger partial charge in [0.2, 0.25) is 17.7 Å². The molecule has 418 valence electrons. The Hall–Kier alpha value is -4.82.